The van der Waals surface area contributed by atoms with Crippen molar-refractivity contribution in [2.45, 2.75) is 26.7 Å². The summed E-state index contributed by atoms with van der Waals surface area (Å²) in [5, 5.41) is 13.6. The number of hydrogen-bond acceptors (Lipinski definition) is 4. The fraction of sp³-hybridized carbons (Fsp3) is 0.545. The average Bonchev–Trinajstić information content (AvgIpc) is 2.30. The van der Waals surface area contributed by atoms with E-state index in [1.54, 1.807) is 12.1 Å². The fourth-order valence-corrected chi connectivity index (χ4v) is 1.19. The fourth-order valence-electron chi connectivity index (χ4n) is 1.19. The zero-order valence-corrected chi connectivity index (χ0v) is 9.79. The largest absolute Gasteiger partial charge is 0.369 e. The van der Waals surface area contributed by atoms with Crippen LogP contribution in [0.1, 0.15) is 37.2 Å². The van der Waals surface area contributed by atoms with Crippen molar-refractivity contribution < 1.29 is 4.79 Å². The lowest BCUT2D eigenvalue weighted by atomic mass is 10.3. The molecule has 1 heterocycles. The third kappa shape index (κ3) is 3.84. The van der Waals surface area contributed by atoms with Crippen LogP contribution in [-0.2, 0) is 0 Å². The molecule has 0 saturated heterocycles. The van der Waals surface area contributed by atoms with Gasteiger partial charge in [-0.05, 0) is 25.5 Å². The second-order valence-corrected chi connectivity index (χ2v) is 3.44. The molecule has 0 radical (unpaired) electrons. The molecule has 2 N–H and O–H groups in total. The van der Waals surface area contributed by atoms with E-state index in [2.05, 4.69) is 27.8 Å². The minimum atomic E-state index is -0.185. The average molecular weight is 222 g/mol. The van der Waals surface area contributed by atoms with Crippen LogP contribution in [-0.4, -0.2) is 29.2 Å². The Kier molecular flexibility index (Phi) is 5.25. The Hall–Kier alpha value is -1.65. The van der Waals surface area contributed by atoms with Gasteiger partial charge in [0, 0.05) is 13.1 Å². The highest BCUT2D eigenvalue weighted by molar-refractivity contribution is 5.92. The van der Waals surface area contributed by atoms with Gasteiger partial charge in [0.15, 0.2) is 5.69 Å². The van der Waals surface area contributed by atoms with Gasteiger partial charge in [-0.3, -0.25) is 4.79 Å². The number of hydrogen-bond donors (Lipinski definition) is 2. The molecule has 0 aromatic carbocycles. The lowest BCUT2D eigenvalue weighted by Gasteiger charge is -2.04. The molecule has 1 aromatic heterocycles. The topological polar surface area (TPSA) is 66.9 Å². The first-order chi connectivity index (χ1) is 7.77. The maximum Gasteiger partial charge on any atom is 0.271 e. The van der Waals surface area contributed by atoms with Crippen LogP contribution in [0, 0.1) is 0 Å². The zero-order valence-electron chi connectivity index (χ0n) is 9.79. The SMILES string of the molecule is CCCCNc1ccc(C(=O)NCC)nn1. The molecule has 1 aromatic rings. The molecule has 0 unspecified atom stereocenters. The van der Waals surface area contributed by atoms with E-state index in [1.807, 2.05) is 6.92 Å². The quantitative estimate of drug-likeness (QED) is 0.715. The molecular formula is C11H18N4O. The molecule has 0 atom stereocenters. The molecule has 0 aliphatic rings. The Labute approximate surface area is 95.7 Å². The lowest BCUT2D eigenvalue weighted by Crippen LogP contribution is -2.24. The minimum absolute atomic E-state index is 0.185. The number of amides is 1. The van der Waals surface area contributed by atoms with Gasteiger partial charge in [0.1, 0.15) is 5.82 Å². The Balaban J connectivity index is 2.50. The monoisotopic (exact) mass is 222 g/mol. The van der Waals surface area contributed by atoms with Gasteiger partial charge in [0.05, 0.1) is 0 Å². The zero-order chi connectivity index (χ0) is 11.8. The van der Waals surface area contributed by atoms with E-state index in [4.69, 9.17) is 0 Å². The lowest BCUT2D eigenvalue weighted by molar-refractivity contribution is 0.0950. The van der Waals surface area contributed by atoms with E-state index in [0.29, 0.717) is 18.1 Å². The predicted octanol–water partition coefficient (Wildman–Crippen LogP) is 1.44. The molecule has 88 valence electrons. The number of nitrogens with one attached hydrogen (secondary N) is 2. The molecule has 1 amide bonds. The summed E-state index contributed by atoms with van der Waals surface area (Å²) in [7, 11) is 0. The van der Waals surface area contributed by atoms with Crippen molar-refractivity contribution in [3.63, 3.8) is 0 Å². The van der Waals surface area contributed by atoms with Crippen LogP contribution in [0.25, 0.3) is 0 Å². The number of rotatable bonds is 6. The van der Waals surface area contributed by atoms with Crippen molar-refractivity contribution in [1.29, 1.82) is 0 Å². The van der Waals surface area contributed by atoms with Gasteiger partial charge in [0.2, 0.25) is 0 Å². The molecule has 0 spiro atoms. The van der Waals surface area contributed by atoms with Gasteiger partial charge < -0.3 is 10.6 Å². The molecule has 0 bridgehead atoms. The summed E-state index contributed by atoms with van der Waals surface area (Å²) in [4.78, 5) is 11.4. The van der Waals surface area contributed by atoms with Gasteiger partial charge in [-0.2, -0.15) is 0 Å². The van der Waals surface area contributed by atoms with Crippen molar-refractivity contribution in [2.24, 2.45) is 0 Å². The molecule has 5 heteroatoms. The van der Waals surface area contributed by atoms with Crippen LogP contribution < -0.4 is 10.6 Å². The highest BCUT2D eigenvalue weighted by Gasteiger charge is 2.05. The summed E-state index contributed by atoms with van der Waals surface area (Å²) < 4.78 is 0. The Bertz CT molecular complexity index is 323. The minimum Gasteiger partial charge on any atom is -0.369 e. The van der Waals surface area contributed by atoms with E-state index in [0.717, 1.165) is 19.4 Å². The molecule has 0 saturated carbocycles. The Morgan fingerprint density at radius 2 is 2.12 bits per heavy atom. The highest BCUT2D eigenvalue weighted by atomic mass is 16.1. The standard InChI is InChI=1S/C11H18N4O/c1-3-5-8-13-10-7-6-9(14-15-10)11(16)12-4-2/h6-7H,3-5,8H2,1-2H3,(H,12,16)(H,13,15). The number of nitrogens with zero attached hydrogens (tertiary/aromatic N) is 2. The summed E-state index contributed by atoms with van der Waals surface area (Å²) in [6.45, 7) is 5.47. The van der Waals surface area contributed by atoms with Crippen LogP contribution in [0.5, 0.6) is 0 Å². The molecule has 1 rings (SSSR count). The van der Waals surface area contributed by atoms with Crippen LogP contribution in [0.15, 0.2) is 12.1 Å². The first kappa shape index (κ1) is 12.4. The van der Waals surface area contributed by atoms with E-state index < -0.39 is 0 Å². The molecule has 16 heavy (non-hydrogen) atoms. The van der Waals surface area contributed by atoms with Crippen molar-refractivity contribution in [1.82, 2.24) is 15.5 Å². The summed E-state index contributed by atoms with van der Waals surface area (Å²) in [5.74, 6) is 0.525. The Morgan fingerprint density at radius 1 is 1.31 bits per heavy atom. The van der Waals surface area contributed by atoms with E-state index in [1.165, 1.54) is 0 Å². The molecule has 5 nitrogen and oxygen atoms in total. The van der Waals surface area contributed by atoms with Gasteiger partial charge in [0.25, 0.3) is 5.91 Å². The number of anilines is 1. The first-order valence-corrected chi connectivity index (χ1v) is 5.63. The van der Waals surface area contributed by atoms with E-state index in [9.17, 15) is 4.79 Å². The van der Waals surface area contributed by atoms with Crippen molar-refractivity contribution in [3.05, 3.63) is 17.8 Å². The van der Waals surface area contributed by atoms with Crippen molar-refractivity contribution in [2.75, 3.05) is 18.4 Å². The molecular weight excluding hydrogens is 204 g/mol. The number of carbonyl (C=O) groups is 1. The summed E-state index contributed by atoms with van der Waals surface area (Å²) in [5.41, 5.74) is 0.350. The van der Waals surface area contributed by atoms with Crippen LogP contribution in [0.4, 0.5) is 5.82 Å². The smallest absolute Gasteiger partial charge is 0.271 e. The second kappa shape index (κ2) is 6.76. The third-order valence-corrected chi connectivity index (χ3v) is 2.07. The summed E-state index contributed by atoms with van der Waals surface area (Å²) in [6.07, 6.45) is 2.23. The van der Waals surface area contributed by atoms with Gasteiger partial charge in [-0.15, -0.1) is 10.2 Å². The van der Waals surface area contributed by atoms with Crippen LogP contribution in [0.3, 0.4) is 0 Å². The number of carbonyl (C=O) groups excluding carboxylic acids is 1. The molecule has 0 aliphatic carbocycles. The third-order valence-electron chi connectivity index (χ3n) is 2.07. The normalized spacial score (nSPS) is 9.88. The number of unbranched alkanes of at least 4 members (excludes halogenated alkanes) is 1. The van der Waals surface area contributed by atoms with Crippen molar-refractivity contribution >= 4 is 11.7 Å². The number of aromatic nitrogens is 2. The Morgan fingerprint density at radius 3 is 2.69 bits per heavy atom. The molecule has 0 aliphatic heterocycles. The molecule has 0 fully saturated rings. The predicted molar refractivity (Wildman–Crippen MR) is 63.4 cm³/mol. The summed E-state index contributed by atoms with van der Waals surface area (Å²) in [6, 6.07) is 3.44. The highest BCUT2D eigenvalue weighted by Crippen LogP contribution is 2.02. The maximum atomic E-state index is 11.4. The van der Waals surface area contributed by atoms with Gasteiger partial charge in [-0.1, -0.05) is 13.3 Å². The van der Waals surface area contributed by atoms with Gasteiger partial charge >= 0.3 is 0 Å². The first-order valence-electron chi connectivity index (χ1n) is 5.63. The van der Waals surface area contributed by atoms with Crippen LogP contribution >= 0.6 is 0 Å². The maximum absolute atomic E-state index is 11.4. The summed E-state index contributed by atoms with van der Waals surface area (Å²) >= 11 is 0. The second-order valence-electron chi connectivity index (χ2n) is 3.44. The van der Waals surface area contributed by atoms with E-state index in [-0.39, 0.29) is 5.91 Å². The van der Waals surface area contributed by atoms with Crippen molar-refractivity contribution in [3.8, 4) is 0 Å². The van der Waals surface area contributed by atoms with Crippen LogP contribution in [0.2, 0.25) is 0 Å². The van der Waals surface area contributed by atoms with E-state index >= 15 is 0 Å². The van der Waals surface area contributed by atoms with Gasteiger partial charge in [-0.25, -0.2) is 0 Å².